The molecular weight excluding hydrogens is 194 g/mol. The van der Waals surface area contributed by atoms with Gasteiger partial charge in [0, 0.05) is 12.1 Å². The van der Waals surface area contributed by atoms with E-state index in [-0.39, 0.29) is 0 Å². The van der Waals surface area contributed by atoms with Gasteiger partial charge in [0.1, 0.15) is 0 Å². The van der Waals surface area contributed by atoms with E-state index >= 15 is 0 Å². The predicted octanol–water partition coefficient (Wildman–Crippen LogP) is 4.90. The van der Waals surface area contributed by atoms with Crippen LogP contribution in [0.5, 0.6) is 0 Å². The Morgan fingerprint density at radius 3 is 2.31 bits per heavy atom. The molecule has 1 aromatic heterocycles. The molecule has 0 fully saturated rings. The van der Waals surface area contributed by atoms with Crippen LogP contribution in [0.2, 0.25) is 0 Å². The van der Waals surface area contributed by atoms with E-state index in [0.29, 0.717) is 0 Å². The summed E-state index contributed by atoms with van der Waals surface area (Å²) in [4.78, 5) is 4.39. The van der Waals surface area contributed by atoms with Crippen LogP contribution in [-0.4, -0.2) is 4.98 Å². The number of hydrogen-bond acceptors (Lipinski definition) is 1. The largest absolute Gasteiger partial charge is 0.253 e. The lowest BCUT2D eigenvalue weighted by Crippen LogP contribution is -1.88. The lowest BCUT2D eigenvalue weighted by Gasteiger charge is -1.96. The Labute approximate surface area is 101 Å². The Hall–Kier alpha value is -1.37. The number of nitrogens with zero attached hydrogens (tertiary/aromatic N) is 1. The molecule has 0 aromatic carbocycles. The highest BCUT2D eigenvalue weighted by molar-refractivity contribution is 5.43. The lowest BCUT2D eigenvalue weighted by molar-refractivity contribution is 1.10. The first-order chi connectivity index (χ1) is 7.86. The number of allylic oxidation sites excluding steroid dienone is 2. The second-order valence-electron chi connectivity index (χ2n) is 2.55. The molecule has 1 heterocycles. The average Bonchev–Trinajstić information content (AvgIpc) is 2.36. The van der Waals surface area contributed by atoms with Crippen LogP contribution in [0.3, 0.4) is 0 Å². The first-order valence-corrected chi connectivity index (χ1v) is 6.06. The van der Waals surface area contributed by atoms with Crippen LogP contribution < -0.4 is 0 Å². The van der Waals surface area contributed by atoms with Crippen molar-refractivity contribution in [3.63, 3.8) is 0 Å². The zero-order chi connectivity index (χ0) is 12.8. The summed E-state index contributed by atoms with van der Waals surface area (Å²) in [6.45, 7) is 13.7. The Morgan fingerprint density at radius 2 is 1.81 bits per heavy atom. The lowest BCUT2D eigenvalue weighted by atomic mass is 10.2. The van der Waals surface area contributed by atoms with Crippen LogP contribution in [0.1, 0.15) is 46.0 Å². The molecule has 0 radical (unpaired) electrons. The molecule has 16 heavy (non-hydrogen) atoms. The minimum Gasteiger partial charge on any atom is -0.253 e. The molecule has 0 saturated heterocycles. The summed E-state index contributed by atoms with van der Waals surface area (Å²) >= 11 is 0. The minimum absolute atomic E-state index is 0.839. The van der Waals surface area contributed by atoms with Crippen LogP contribution in [0, 0.1) is 0 Å². The zero-order valence-electron chi connectivity index (χ0n) is 11.3. The average molecular weight is 219 g/mol. The molecule has 1 rings (SSSR count). The SMILES string of the molecule is C=CCc1cccc(/C=C/C)n1.CC.CC. The van der Waals surface area contributed by atoms with E-state index in [1.807, 2.05) is 71.0 Å². The first kappa shape index (κ1) is 17.0. The van der Waals surface area contributed by atoms with E-state index in [1.54, 1.807) is 0 Å². The van der Waals surface area contributed by atoms with E-state index in [9.17, 15) is 0 Å². The van der Waals surface area contributed by atoms with Crippen molar-refractivity contribution in [3.8, 4) is 0 Å². The topological polar surface area (TPSA) is 12.9 Å². The first-order valence-electron chi connectivity index (χ1n) is 6.06. The van der Waals surface area contributed by atoms with Crippen LogP contribution in [-0.2, 0) is 6.42 Å². The predicted molar refractivity (Wildman–Crippen MR) is 75.5 cm³/mol. The van der Waals surface area contributed by atoms with Crippen LogP contribution >= 0.6 is 0 Å². The maximum absolute atomic E-state index is 4.39. The maximum atomic E-state index is 4.39. The van der Waals surface area contributed by atoms with Crippen molar-refractivity contribution in [2.24, 2.45) is 0 Å². The number of rotatable bonds is 3. The van der Waals surface area contributed by atoms with E-state index in [4.69, 9.17) is 0 Å². The molecule has 0 saturated carbocycles. The van der Waals surface area contributed by atoms with Crippen molar-refractivity contribution < 1.29 is 0 Å². The molecule has 90 valence electrons. The minimum atomic E-state index is 0.839. The Bertz CT molecular complexity index is 287. The van der Waals surface area contributed by atoms with Gasteiger partial charge in [-0.05, 0) is 25.1 Å². The summed E-state index contributed by atoms with van der Waals surface area (Å²) in [5, 5.41) is 0. The number of pyridine rings is 1. The highest BCUT2D eigenvalue weighted by Gasteiger charge is 1.91. The second-order valence-corrected chi connectivity index (χ2v) is 2.55. The van der Waals surface area contributed by atoms with Crippen molar-refractivity contribution in [2.45, 2.75) is 41.0 Å². The van der Waals surface area contributed by atoms with Crippen molar-refractivity contribution in [1.82, 2.24) is 4.98 Å². The molecule has 0 unspecified atom stereocenters. The van der Waals surface area contributed by atoms with Crippen molar-refractivity contribution in [2.75, 3.05) is 0 Å². The van der Waals surface area contributed by atoms with E-state index < -0.39 is 0 Å². The van der Waals surface area contributed by atoms with Gasteiger partial charge in [-0.25, -0.2) is 0 Å². The Balaban J connectivity index is 0. The Morgan fingerprint density at radius 1 is 1.19 bits per heavy atom. The third-order valence-corrected chi connectivity index (χ3v) is 1.52. The van der Waals surface area contributed by atoms with Crippen LogP contribution in [0.25, 0.3) is 6.08 Å². The van der Waals surface area contributed by atoms with E-state index in [0.717, 1.165) is 17.8 Å². The molecule has 1 heteroatoms. The van der Waals surface area contributed by atoms with Gasteiger partial charge in [0.2, 0.25) is 0 Å². The fraction of sp³-hybridized carbons (Fsp3) is 0.400. The van der Waals surface area contributed by atoms with Gasteiger partial charge in [-0.2, -0.15) is 0 Å². The van der Waals surface area contributed by atoms with Gasteiger partial charge >= 0.3 is 0 Å². The van der Waals surface area contributed by atoms with Crippen molar-refractivity contribution >= 4 is 6.08 Å². The summed E-state index contributed by atoms with van der Waals surface area (Å²) in [5.74, 6) is 0. The fourth-order valence-electron chi connectivity index (χ4n) is 1.02. The fourth-order valence-corrected chi connectivity index (χ4v) is 1.02. The van der Waals surface area contributed by atoms with Gasteiger partial charge < -0.3 is 0 Å². The number of aromatic nitrogens is 1. The van der Waals surface area contributed by atoms with Crippen molar-refractivity contribution in [3.05, 3.63) is 48.3 Å². The summed E-state index contributed by atoms with van der Waals surface area (Å²) in [7, 11) is 0. The second kappa shape index (κ2) is 13.6. The van der Waals surface area contributed by atoms with Crippen LogP contribution in [0.4, 0.5) is 0 Å². The standard InChI is InChI=1S/C11H13N.2C2H6/c1-3-6-10-8-5-9-11(12-10)7-4-2;2*1-2/h3-5,7-9H,1,6H2,2H3;2*1-2H3/b7-4+;;. The smallest absolute Gasteiger partial charge is 0.0629 e. The zero-order valence-corrected chi connectivity index (χ0v) is 11.3. The van der Waals surface area contributed by atoms with Gasteiger partial charge in [-0.3, -0.25) is 4.98 Å². The molecule has 0 N–H and O–H groups in total. The van der Waals surface area contributed by atoms with Crippen molar-refractivity contribution in [1.29, 1.82) is 0 Å². The molecule has 0 amide bonds. The summed E-state index contributed by atoms with van der Waals surface area (Å²) in [5.41, 5.74) is 2.08. The van der Waals surface area contributed by atoms with E-state index in [2.05, 4.69) is 11.6 Å². The monoisotopic (exact) mass is 219 g/mol. The molecule has 1 aromatic rings. The molecule has 0 spiro atoms. The number of hydrogen-bond donors (Lipinski definition) is 0. The summed E-state index contributed by atoms with van der Waals surface area (Å²) < 4.78 is 0. The van der Waals surface area contributed by atoms with Gasteiger partial charge in [0.25, 0.3) is 0 Å². The summed E-state index contributed by atoms with van der Waals surface area (Å²) in [6.07, 6.45) is 6.68. The molecular formula is C15H25N. The third kappa shape index (κ3) is 7.98. The van der Waals surface area contributed by atoms with Crippen LogP contribution in [0.15, 0.2) is 36.9 Å². The molecule has 0 bridgehead atoms. The highest BCUT2D eigenvalue weighted by atomic mass is 14.7. The molecule has 0 atom stereocenters. The molecule has 0 aliphatic carbocycles. The van der Waals surface area contributed by atoms with E-state index in [1.165, 1.54) is 0 Å². The molecule has 1 nitrogen and oxygen atoms in total. The van der Waals surface area contributed by atoms with Gasteiger partial charge in [0.15, 0.2) is 0 Å². The van der Waals surface area contributed by atoms with Gasteiger partial charge in [-0.15, -0.1) is 6.58 Å². The maximum Gasteiger partial charge on any atom is 0.0629 e. The normalized spacial score (nSPS) is 8.56. The molecule has 0 aliphatic rings. The van der Waals surface area contributed by atoms with Gasteiger partial charge in [-0.1, -0.05) is 45.9 Å². The Kier molecular flexibility index (Phi) is 14.5. The third-order valence-electron chi connectivity index (χ3n) is 1.52. The van der Waals surface area contributed by atoms with Gasteiger partial charge in [0.05, 0.1) is 5.69 Å². The quantitative estimate of drug-likeness (QED) is 0.659. The highest BCUT2D eigenvalue weighted by Crippen LogP contribution is 2.02. The molecule has 0 aliphatic heterocycles. The summed E-state index contributed by atoms with van der Waals surface area (Å²) in [6, 6.07) is 6.02.